The zero-order chi connectivity index (χ0) is 42.2. The molecule has 0 saturated heterocycles. The van der Waals surface area contributed by atoms with Crippen molar-refractivity contribution in [3.05, 3.63) is 236 Å². The third-order valence-electron chi connectivity index (χ3n) is 13.7. The number of nitrogens with zero attached hydrogens (tertiary/aromatic N) is 2. The van der Waals surface area contributed by atoms with Gasteiger partial charge in [-0.25, -0.2) is 0 Å². The quantitative estimate of drug-likeness (QED) is 0.116. The minimum Gasteiger partial charge on any atom is -0.456 e. The molecule has 0 atom stereocenters. The summed E-state index contributed by atoms with van der Waals surface area (Å²) < 4.78 is 11.3. The highest BCUT2D eigenvalue weighted by atomic mass is 28.3. The fraction of sp³-hybridized carbons (Fsp3) is 0.0333. The van der Waals surface area contributed by atoms with Gasteiger partial charge in [-0.1, -0.05) is 170 Å². The summed E-state index contributed by atoms with van der Waals surface area (Å²) in [6, 6.07) is 80.9. The van der Waals surface area contributed by atoms with Crippen LogP contribution in [-0.2, 0) is 6.42 Å². The molecule has 0 unspecified atom stereocenters. The van der Waals surface area contributed by atoms with E-state index in [1.807, 2.05) is 6.07 Å². The van der Waals surface area contributed by atoms with Gasteiger partial charge in [0.2, 0.25) is 0 Å². The first-order valence-corrected chi connectivity index (χ1v) is 24.3. The van der Waals surface area contributed by atoms with E-state index in [1.165, 1.54) is 76.0 Å². The summed E-state index contributed by atoms with van der Waals surface area (Å²) in [4.78, 5) is 0. The number of furan rings is 1. The number of hydrogen-bond acceptors (Lipinski definition) is 1. The molecular weight excluding hydrogens is 793 g/mol. The molecule has 0 fully saturated rings. The van der Waals surface area contributed by atoms with Crippen LogP contribution in [0.15, 0.2) is 229 Å². The van der Waals surface area contributed by atoms with Crippen LogP contribution >= 0.6 is 0 Å². The second kappa shape index (κ2) is 14.6. The van der Waals surface area contributed by atoms with Crippen molar-refractivity contribution in [3.8, 4) is 22.5 Å². The average molecular weight is 835 g/mol. The van der Waals surface area contributed by atoms with E-state index in [0.717, 1.165) is 46.0 Å². The lowest BCUT2D eigenvalue weighted by Crippen LogP contribution is -2.74. The Morgan fingerprint density at radius 2 is 0.953 bits per heavy atom. The van der Waals surface area contributed by atoms with Gasteiger partial charge in [-0.2, -0.15) is 0 Å². The number of aromatic nitrogens is 2. The molecule has 3 heterocycles. The van der Waals surface area contributed by atoms with Crippen LogP contribution in [0.25, 0.3) is 83.2 Å². The van der Waals surface area contributed by atoms with E-state index in [-0.39, 0.29) is 0 Å². The first-order chi connectivity index (χ1) is 31.7. The molecule has 0 N–H and O–H groups in total. The minimum atomic E-state index is -2.83. The lowest BCUT2D eigenvalue weighted by atomic mass is 9.99. The summed E-state index contributed by atoms with van der Waals surface area (Å²) in [6.07, 6.45) is 6.76. The number of para-hydroxylation sites is 3. The molecule has 4 heteroatoms. The lowest BCUT2D eigenvalue weighted by molar-refractivity contribution is 0.669. The van der Waals surface area contributed by atoms with E-state index >= 15 is 0 Å². The summed E-state index contributed by atoms with van der Waals surface area (Å²) >= 11 is 0. The Hall–Kier alpha value is -7.92. The molecule has 0 aliphatic heterocycles. The molecule has 1 aliphatic rings. The van der Waals surface area contributed by atoms with Gasteiger partial charge in [0, 0.05) is 55.6 Å². The van der Waals surface area contributed by atoms with Crippen LogP contribution < -0.4 is 20.7 Å². The van der Waals surface area contributed by atoms with Crippen LogP contribution in [-0.4, -0.2) is 17.2 Å². The van der Waals surface area contributed by atoms with Gasteiger partial charge in [0.25, 0.3) is 0 Å². The molecule has 9 aromatic carbocycles. The SMILES string of the molecule is C1=Cc2c(n(-c3ccccc3)c3ccc(-c4ccc([Si](c5ccccc5)(c5ccccc5)c5ccc(-n6c7ccccc7c7cc8c(cc76)oc6ccccc68)cc5)cc4)cc23)CC1. The highest BCUT2D eigenvalue weighted by molar-refractivity contribution is 7.19. The van der Waals surface area contributed by atoms with E-state index < -0.39 is 8.07 Å². The Kier molecular flexibility index (Phi) is 8.37. The Bertz CT molecular complexity index is 3710. The summed E-state index contributed by atoms with van der Waals surface area (Å²) in [5, 5.41) is 11.4. The third kappa shape index (κ3) is 5.52. The van der Waals surface area contributed by atoms with Crippen molar-refractivity contribution in [1.82, 2.24) is 9.13 Å². The highest BCUT2D eigenvalue weighted by Crippen LogP contribution is 2.39. The number of fused-ring (bicyclic) bond motifs is 9. The molecule has 0 radical (unpaired) electrons. The van der Waals surface area contributed by atoms with E-state index in [9.17, 15) is 0 Å². The Morgan fingerprint density at radius 1 is 0.375 bits per heavy atom. The average Bonchev–Trinajstić information content (AvgIpc) is 4.02. The molecule has 0 bridgehead atoms. The second-order valence-corrected chi connectivity index (χ2v) is 20.9. The molecule has 302 valence electrons. The molecule has 3 nitrogen and oxygen atoms in total. The molecule has 64 heavy (non-hydrogen) atoms. The van der Waals surface area contributed by atoms with Gasteiger partial charge in [-0.3, -0.25) is 0 Å². The van der Waals surface area contributed by atoms with Crippen molar-refractivity contribution in [2.24, 2.45) is 0 Å². The molecule has 13 rings (SSSR count). The molecule has 3 aromatic heterocycles. The maximum atomic E-state index is 6.44. The zero-order valence-corrected chi connectivity index (χ0v) is 36.2. The molecule has 0 spiro atoms. The van der Waals surface area contributed by atoms with Crippen LogP contribution in [0.3, 0.4) is 0 Å². The monoisotopic (exact) mass is 834 g/mol. The van der Waals surface area contributed by atoms with Crippen molar-refractivity contribution in [2.45, 2.75) is 12.8 Å². The number of benzene rings is 9. The molecular formula is C60H42N2OSi. The number of hydrogen-bond donors (Lipinski definition) is 0. The summed E-state index contributed by atoms with van der Waals surface area (Å²) in [5.74, 6) is 0. The van der Waals surface area contributed by atoms with Gasteiger partial charge in [0.05, 0.1) is 16.6 Å². The van der Waals surface area contributed by atoms with E-state index in [0.29, 0.717) is 0 Å². The number of allylic oxidation sites excluding steroid dienone is 1. The van der Waals surface area contributed by atoms with Crippen molar-refractivity contribution in [3.63, 3.8) is 0 Å². The van der Waals surface area contributed by atoms with Gasteiger partial charge >= 0.3 is 0 Å². The van der Waals surface area contributed by atoms with Gasteiger partial charge in [0.15, 0.2) is 8.07 Å². The molecule has 0 amide bonds. The summed E-state index contributed by atoms with van der Waals surface area (Å²) in [6.45, 7) is 0. The fourth-order valence-corrected chi connectivity index (χ4v) is 15.6. The smallest absolute Gasteiger partial charge is 0.179 e. The maximum Gasteiger partial charge on any atom is 0.179 e. The lowest BCUT2D eigenvalue weighted by Gasteiger charge is -2.34. The van der Waals surface area contributed by atoms with Crippen molar-refractivity contribution in [2.75, 3.05) is 0 Å². The molecule has 0 saturated carbocycles. The summed E-state index contributed by atoms with van der Waals surface area (Å²) in [5.41, 5.74) is 12.9. The standard InChI is InChI=1S/C60H42N2OSi/c1-4-16-43(17-5-1)61-55-25-13-10-22-49(55)52-38-42(30-37-57(52)61)41-28-33-47(34-29-41)64(45-18-6-2-7-19-45,46-20-8-3-9-21-46)48-35-31-44(32-36-48)62-56-26-14-11-23-50(56)53-39-54-51-24-12-15-27-59(51)63-60(54)40-58(53)62/h1-12,14-24,26-40H,13,25H2. The van der Waals surface area contributed by atoms with Crippen molar-refractivity contribution >= 4 is 89.5 Å². The Morgan fingerprint density at radius 3 is 1.69 bits per heavy atom. The van der Waals surface area contributed by atoms with Gasteiger partial charge < -0.3 is 13.6 Å². The van der Waals surface area contributed by atoms with Crippen molar-refractivity contribution < 1.29 is 4.42 Å². The molecule has 1 aliphatic carbocycles. The van der Waals surface area contributed by atoms with Crippen molar-refractivity contribution in [1.29, 1.82) is 0 Å². The fourth-order valence-electron chi connectivity index (χ4n) is 10.9. The highest BCUT2D eigenvalue weighted by Gasteiger charge is 2.41. The first-order valence-electron chi connectivity index (χ1n) is 22.3. The summed E-state index contributed by atoms with van der Waals surface area (Å²) in [7, 11) is -2.83. The number of rotatable bonds is 7. The van der Waals surface area contributed by atoms with Crippen LogP contribution in [0.1, 0.15) is 17.7 Å². The van der Waals surface area contributed by atoms with Gasteiger partial charge in [-0.05, 0) is 99.3 Å². The minimum absolute atomic E-state index is 0.902. The Labute approximate surface area is 372 Å². The van der Waals surface area contributed by atoms with Gasteiger partial charge in [-0.15, -0.1) is 0 Å². The predicted octanol–water partition coefficient (Wildman–Crippen LogP) is 12.6. The van der Waals surface area contributed by atoms with E-state index in [4.69, 9.17) is 4.42 Å². The van der Waals surface area contributed by atoms with Crippen LogP contribution in [0, 0.1) is 0 Å². The largest absolute Gasteiger partial charge is 0.456 e. The van der Waals surface area contributed by atoms with Gasteiger partial charge in [0.1, 0.15) is 11.2 Å². The van der Waals surface area contributed by atoms with Crippen LogP contribution in [0.2, 0.25) is 0 Å². The maximum absolute atomic E-state index is 6.44. The second-order valence-electron chi connectivity index (χ2n) is 17.1. The van der Waals surface area contributed by atoms with Crippen LogP contribution in [0.5, 0.6) is 0 Å². The Balaban J connectivity index is 0.963. The zero-order valence-electron chi connectivity index (χ0n) is 35.2. The predicted molar refractivity (Wildman–Crippen MR) is 271 cm³/mol. The first kappa shape index (κ1) is 36.7. The molecule has 12 aromatic rings. The third-order valence-corrected chi connectivity index (χ3v) is 18.5. The van der Waals surface area contributed by atoms with E-state index in [2.05, 4.69) is 234 Å². The normalized spacial score (nSPS) is 12.8. The topological polar surface area (TPSA) is 23.0 Å². The van der Waals surface area contributed by atoms with Crippen LogP contribution in [0.4, 0.5) is 0 Å². The van der Waals surface area contributed by atoms with E-state index in [1.54, 1.807) is 0 Å².